The van der Waals surface area contributed by atoms with Gasteiger partial charge in [0.1, 0.15) is 12.2 Å². The van der Waals surface area contributed by atoms with Crippen LogP contribution >= 0.6 is 0 Å². The number of hydrogen-bond donors (Lipinski definition) is 1. The van der Waals surface area contributed by atoms with Gasteiger partial charge in [0.25, 0.3) is 0 Å². The Bertz CT molecular complexity index is 307. The molecule has 1 aliphatic heterocycles. The maximum Gasteiger partial charge on any atom is 0.229 e. The summed E-state index contributed by atoms with van der Waals surface area (Å²) < 4.78 is 10.6. The average Bonchev–Trinajstić information content (AvgIpc) is 2.93. The predicted octanol–water partition coefficient (Wildman–Crippen LogP) is -0.238. The Labute approximate surface area is 102 Å². The Hall–Kier alpha value is -0.910. The molecule has 2 aliphatic rings. The van der Waals surface area contributed by atoms with Gasteiger partial charge in [-0.1, -0.05) is 12.2 Å². The van der Waals surface area contributed by atoms with Crippen LogP contribution in [0.4, 0.5) is 0 Å². The van der Waals surface area contributed by atoms with Gasteiger partial charge in [0.05, 0.1) is 5.92 Å². The summed E-state index contributed by atoms with van der Waals surface area (Å²) in [7, 11) is 3.30. The number of nitrogens with two attached hydrogens (primary N) is 1. The first-order valence-corrected chi connectivity index (χ1v) is 5.94. The fourth-order valence-corrected chi connectivity index (χ4v) is 2.52. The Morgan fingerprint density at radius 2 is 1.82 bits per heavy atom. The Kier molecular flexibility index (Phi) is 3.81. The van der Waals surface area contributed by atoms with Crippen LogP contribution in [0.2, 0.25) is 0 Å². The van der Waals surface area contributed by atoms with E-state index in [1.54, 1.807) is 14.2 Å². The first-order chi connectivity index (χ1) is 8.15. The Morgan fingerprint density at radius 3 is 2.24 bits per heavy atom. The quantitative estimate of drug-likeness (QED) is 0.692. The van der Waals surface area contributed by atoms with E-state index in [-0.39, 0.29) is 30.1 Å². The minimum Gasteiger partial charge on any atom is -0.377 e. The summed E-state index contributed by atoms with van der Waals surface area (Å²) in [5, 5.41) is 0. The summed E-state index contributed by atoms with van der Waals surface area (Å²) in [6.07, 6.45) is 4.48. The lowest BCUT2D eigenvalue weighted by atomic mass is 10.1. The lowest BCUT2D eigenvalue weighted by molar-refractivity contribution is -0.133. The van der Waals surface area contributed by atoms with E-state index in [0.29, 0.717) is 19.5 Å². The van der Waals surface area contributed by atoms with Crippen LogP contribution in [0.25, 0.3) is 0 Å². The first-order valence-electron chi connectivity index (χ1n) is 5.94. The average molecular weight is 240 g/mol. The molecule has 2 N–H and O–H groups in total. The van der Waals surface area contributed by atoms with Crippen LogP contribution < -0.4 is 5.73 Å². The van der Waals surface area contributed by atoms with Crippen molar-refractivity contribution in [2.45, 2.75) is 24.7 Å². The van der Waals surface area contributed by atoms with E-state index >= 15 is 0 Å². The molecule has 1 aliphatic carbocycles. The number of carbonyl (C=O) groups is 1. The highest BCUT2D eigenvalue weighted by atomic mass is 16.5. The molecule has 0 aromatic carbocycles. The normalized spacial score (nSPS) is 36.8. The number of hydrogen-bond acceptors (Lipinski definition) is 4. The van der Waals surface area contributed by atoms with Gasteiger partial charge in [-0.05, 0) is 6.42 Å². The van der Waals surface area contributed by atoms with E-state index in [2.05, 4.69) is 0 Å². The van der Waals surface area contributed by atoms with E-state index in [9.17, 15) is 4.79 Å². The minimum absolute atomic E-state index is 0.0167. The molecule has 5 nitrogen and oxygen atoms in total. The Morgan fingerprint density at radius 1 is 1.24 bits per heavy atom. The summed E-state index contributed by atoms with van der Waals surface area (Å²) in [5.74, 6) is 0.0638. The molecule has 0 radical (unpaired) electrons. The molecule has 1 fully saturated rings. The third-order valence-electron chi connectivity index (χ3n) is 3.57. The molecule has 4 atom stereocenters. The Balaban J connectivity index is 1.95. The molecule has 96 valence electrons. The highest BCUT2D eigenvalue weighted by Crippen LogP contribution is 2.23. The molecule has 0 aromatic heterocycles. The van der Waals surface area contributed by atoms with Crippen molar-refractivity contribution in [3.8, 4) is 0 Å². The van der Waals surface area contributed by atoms with Crippen LogP contribution in [0.3, 0.4) is 0 Å². The number of methoxy groups -OCH3 is 2. The van der Waals surface area contributed by atoms with Crippen molar-refractivity contribution in [3.63, 3.8) is 0 Å². The van der Waals surface area contributed by atoms with Gasteiger partial charge in [0, 0.05) is 33.4 Å². The van der Waals surface area contributed by atoms with Crippen molar-refractivity contribution in [1.29, 1.82) is 0 Å². The topological polar surface area (TPSA) is 64.8 Å². The SMILES string of the molecule is COC1CN(C(=O)C2C=CC(N)C2)CC1OC. The van der Waals surface area contributed by atoms with Gasteiger partial charge in [-0.2, -0.15) is 0 Å². The molecule has 0 aromatic rings. The van der Waals surface area contributed by atoms with Gasteiger partial charge in [-0.3, -0.25) is 4.79 Å². The van der Waals surface area contributed by atoms with Gasteiger partial charge < -0.3 is 20.1 Å². The van der Waals surface area contributed by atoms with Gasteiger partial charge in [-0.15, -0.1) is 0 Å². The van der Waals surface area contributed by atoms with Crippen LogP contribution in [0, 0.1) is 5.92 Å². The van der Waals surface area contributed by atoms with Crippen LogP contribution in [0.15, 0.2) is 12.2 Å². The predicted molar refractivity (Wildman–Crippen MR) is 63.4 cm³/mol. The van der Waals surface area contributed by atoms with E-state index < -0.39 is 0 Å². The number of likely N-dealkylation sites (tertiary alicyclic amines) is 1. The number of nitrogens with zero attached hydrogens (tertiary/aromatic N) is 1. The zero-order valence-corrected chi connectivity index (χ0v) is 10.3. The number of carbonyl (C=O) groups excluding carboxylic acids is 1. The van der Waals surface area contributed by atoms with Crippen molar-refractivity contribution in [2.24, 2.45) is 11.7 Å². The van der Waals surface area contributed by atoms with Crippen molar-refractivity contribution in [2.75, 3.05) is 27.3 Å². The molecule has 4 unspecified atom stereocenters. The summed E-state index contributed by atoms with van der Waals surface area (Å²) in [4.78, 5) is 14.0. The van der Waals surface area contributed by atoms with Crippen LogP contribution in [0.1, 0.15) is 6.42 Å². The molecular formula is C12H20N2O3. The number of ether oxygens (including phenoxy) is 2. The summed E-state index contributed by atoms with van der Waals surface area (Å²) in [5.41, 5.74) is 5.76. The molecule has 0 bridgehead atoms. The number of amides is 1. The van der Waals surface area contributed by atoms with Crippen molar-refractivity contribution < 1.29 is 14.3 Å². The molecule has 1 amide bonds. The van der Waals surface area contributed by atoms with Gasteiger partial charge in [0.15, 0.2) is 0 Å². The highest BCUT2D eigenvalue weighted by Gasteiger charge is 2.38. The lowest BCUT2D eigenvalue weighted by Crippen LogP contribution is -2.35. The second-order valence-corrected chi connectivity index (χ2v) is 4.68. The minimum atomic E-state index is -0.0712. The van der Waals surface area contributed by atoms with Gasteiger partial charge in [0.2, 0.25) is 5.91 Å². The maximum atomic E-state index is 12.2. The molecule has 17 heavy (non-hydrogen) atoms. The van der Waals surface area contributed by atoms with E-state index in [4.69, 9.17) is 15.2 Å². The maximum absolute atomic E-state index is 12.2. The fraction of sp³-hybridized carbons (Fsp3) is 0.750. The van der Waals surface area contributed by atoms with Crippen molar-refractivity contribution in [1.82, 2.24) is 4.90 Å². The smallest absolute Gasteiger partial charge is 0.229 e. The molecule has 2 rings (SSSR count). The first kappa shape index (κ1) is 12.5. The number of rotatable bonds is 3. The zero-order valence-electron chi connectivity index (χ0n) is 10.3. The van der Waals surface area contributed by atoms with E-state index in [1.165, 1.54) is 0 Å². The van der Waals surface area contributed by atoms with E-state index in [0.717, 1.165) is 0 Å². The lowest BCUT2D eigenvalue weighted by Gasteiger charge is -2.19. The second kappa shape index (κ2) is 5.16. The molecule has 0 spiro atoms. The van der Waals surface area contributed by atoms with Gasteiger partial charge in [-0.25, -0.2) is 0 Å². The van der Waals surface area contributed by atoms with E-state index in [1.807, 2.05) is 17.1 Å². The zero-order chi connectivity index (χ0) is 12.4. The molecule has 5 heteroatoms. The van der Waals surface area contributed by atoms with Crippen molar-refractivity contribution in [3.05, 3.63) is 12.2 Å². The molecular weight excluding hydrogens is 220 g/mol. The molecule has 0 saturated carbocycles. The van der Waals surface area contributed by atoms with Crippen molar-refractivity contribution >= 4 is 5.91 Å². The fourth-order valence-electron chi connectivity index (χ4n) is 2.52. The largest absolute Gasteiger partial charge is 0.377 e. The summed E-state index contributed by atoms with van der Waals surface area (Å²) in [6, 6.07) is 0.0167. The second-order valence-electron chi connectivity index (χ2n) is 4.68. The monoisotopic (exact) mass is 240 g/mol. The summed E-state index contributed by atoms with van der Waals surface area (Å²) in [6.45, 7) is 1.21. The molecule has 1 saturated heterocycles. The van der Waals surface area contributed by atoms with Gasteiger partial charge >= 0.3 is 0 Å². The summed E-state index contributed by atoms with van der Waals surface area (Å²) >= 11 is 0. The standard InChI is InChI=1S/C12H20N2O3/c1-16-10-6-14(7-11(10)17-2)12(15)8-3-4-9(13)5-8/h3-4,8-11H,5-7,13H2,1-2H3. The third-order valence-corrected chi connectivity index (χ3v) is 3.57. The van der Waals surface area contributed by atoms with Crippen LogP contribution in [0.5, 0.6) is 0 Å². The van der Waals surface area contributed by atoms with Crippen LogP contribution in [-0.4, -0.2) is 56.4 Å². The molecule has 1 heterocycles. The van der Waals surface area contributed by atoms with Crippen LogP contribution in [-0.2, 0) is 14.3 Å². The highest BCUT2D eigenvalue weighted by molar-refractivity contribution is 5.81. The third kappa shape index (κ3) is 2.51.